The molecule has 0 unspecified atom stereocenters. The summed E-state index contributed by atoms with van der Waals surface area (Å²) < 4.78 is 0. The third-order valence-electron chi connectivity index (χ3n) is 5.60. The summed E-state index contributed by atoms with van der Waals surface area (Å²) in [5.74, 6) is 0.156. The number of benzene rings is 1. The maximum absolute atomic E-state index is 12.9. The Bertz CT molecular complexity index is 1160. The number of thiazole rings is 1. The Kier molecular flexibility index (Phi) is 9.51. The second-order valence-corrected chi connectivity index (χ2v) is 10.1. The summed E-state index contributed by atoms with van der Waals surface area (Å²) in [5, 5.41) is 9.23. The molecule has 0 aliphatic rings. The third-order valence-corrected chi connectivity index (χ3v) is 6.55. The van der Waals surface area contributed by atoms with Crippen LogP contribution in [0, 0.1) is 13.8 Å². The van der Waals surface area contributed by atoms with Gasteiger partial charge < -0.3 is 15.5 Å². The zero-order chi connectivity index (χ0) is 25.4. The molecule has 8 heteroatoms. The van der Waals surface area contributed by atoms with E-state index in [0.717, 1.165) is 41.3 Å². The average molecular weight is 494 g/mol. The summed E-state index contributed by atoms with van der Waals surface area (Å²) >= 11 is 1.54. The highest BCUT2D eigenvalue weighted by Gasteiger charge is 2.16. The SMILES string of the molecule is Cc1cc(C(=O)NCCCNCc2cncc(C(C)C)c2)cc(C(=O)N(C)Cc2nc(C)cs2)c1. The lowest BCUT2D eigenvalue weighted by atomic mass is 10.0. The van der Waals surface area contributed by atoms with E-state index in [2.05, 4.69) is 40.5 Å². The van der Waals surface area contributed by atoms with Crippen molar-refractivity contribution >= 4 is 23.2 Å². The van der Waals surface area contributed by atoms with E-state index in [0.29, 0.717) is 30.1 Å². The van der Waals surface area contributed by atoms with Gasteiger partial charge in [0.1, 0.15) is 5.01 Å². The number of hydrogen-bond acceptors (Lipinski definition) is 6. The average Bonchev–Trinajstić information content (AvgIpc) is 3.24. The smallest absolute Gasteiger partial charge is 0.254 e. The monoisotopic (exact) mass is 493 g/mol. The predicted molar refractivity (Wildman–Crippen MR) is 141 cm³/mol. The second-order valence-electron chi connectivity index (χ2n) is 9.20. The molecule has 0 radical (unpaired) electrons. The van der Waals surface area contributed by atoms with Crippen molar-refractivity contribution in [3.63, 3.8) is 0 Å². The maximum atomic E-state index is 12.9. The predicted octanol–water partition coefficient (Wildman–Crippen LogP) is 4.46. The molecule has 0 saturated heterocycles. The van der Waals surface area contributed by atoms with E-state index in [1.54, 1.807) is 18.0 Å². The Morgan fingerprint density at radius 3 is 2.54 bits per heavy atom. The summed E-state index contributed by atoms with van der Waals surface area (Å²) in [7, 11) is 1.75. The van der Waals surface area contributed by atoms with Gasteiger partial charge in [-0.3, -0.25) is 14.6 Å². The highest BCUT2D eigenvalue weighted by atomic mass is 32.1. The van der Waals surface area contributed by atoms with Gasteiger partial charge in [-0.2, -0.15) is 0 Å². The zero-order valence-corrected chi connectivity index (χ0v) is 22.0. The number of aryl methyl sites for hydroxylation is 2. The van der Waals surface area contributed by atoms with Crippen LogP contribution in [0.15, 0.2) is 42.0 Å². The molecule has 2 heterocycles. The molecule has 0 spiro atoms. The van der Waals surface area contributed by atoms with Gasteiger partial charge >= 0.3 is 0 Å². The summed E-state index contributed by atoms with van der Waals surface area (Å²) in [6.45, 7) is 10.7. The van der Waals surface area contributed by atoms with Crippen molar-refractivity contribution in [1.29, 1.82) is 0 Å². The number of aromatic nitrogens is 2. The zero-order valence-electron chi connectivity index (χ0n) is 21.2. The largest absolute Gasteiger partial charge is 0.352 e. The van der Waals surface area contributed by atoms with Crippen molar-refractivity contribution in [2.45, 2.75) is 53.1 Å². The molecule has 0 aliphatic carbocycles. The first-order valence-electron chi connectivity index (χ1n) is 11.9. The van der Waals surface area contributed by atoms with Crippen LogP contribution in [-0.4, -0.2) is 46.8 Å². The molecule has 0 fully saturated rings. The van der Waals surface area contributed by atoms with Crippen LogP contribution in [0.4, 0.5) is 0 Å². The van der Waals surface area contributed by atoms with Crippen LogP contribution in [0.3, 0.4) is 0 Å². The van der Waals surface area contributed by atoms with E-state index in [1.165, 1.54) is 16.9 Å². The second kappa shape index (κ2) is 12.6. The van der Waals surface area contributed by atoms with Crippen molar-refractivity contribution in [2.75, 3.05) is 20.1 Å². The standard InChI is InChI=1S/C27H35N5O2S/c1-18(2)24-11-21(14-29-15-24)13-28-7-6-8-30-26(33)22-9-19(3)10-23(12-22)27(34)32(5)16-25-31-20(4)17-35-25/h9-12,14-15,17-18,28H,6-8,13,16H2,1-5H3,(H,30,33). The highest BCUT2D eigenvalue weighted by Crippen LogP contribution is 2.16. The van der Waals surface area contributed by atoms with Crippen LogP contribution in [0.2, 0.25) is 0 Å². The fourth-order valence-corrected chi connectivity index (χ4v) is 4.50. The number of hydrogen-bond donors (Lipinski definition) is 2. The minimum Gasteiger partial charge on any atom is -0.352 e. The molecule has 3 rings (SSSR count). The van der Waals surface area contributed by atoms with E-state index >= 15 is 0 Å². The molecule has 186 valence electrons. The van der Waals surface area contributed by atoms with Gasteiger partial charge in [-0.1, -0.05) is 19.9 Å². The lowest BCUT2D eigenvalue weighted by molar-refractivity contribution is 0.0785. The Morgan fingerprint density at radius 1 is 1.06 bits per heavy atom. The van der Waals surface area contributed by atoms with E-state index in [-0.39, 0.29) is 11.8 Å². The molecule has 1 aromatic carbocycles. The molecule has 0 atom stereocenters. The molecule has 7 nitrogen and oxygen atoms in total. The summed E-state index contributed by atoms with van der Waals surface area (Å²) in [5.41, 5.74) is 5.22. The fraction of sp³-hybridized carbons (Fsp3) is 0.407. The molecule has 2 N–H and O–H groups in total. The van der Waals surface area contributed by atoms with Crippen molar-refractivity contribution in [3.8, 4) is 0 Å². The molecule has 2 aromatic heterocycles. The van der Waals surface area contributed by atoms with Crippen molar-refractivity contribution < 1.29 is 9.59 Å². The van der Waals surface area contributed by atoms with Gasteiger partial charge in [-0.15, -0.1) is 11.3 Å². The van der Waals surface area contributed by atoms with Crippen molar-refractivity contribution in [2.24, 2.45) is 0 Å². The number of pyridine rings is 1. The van der Waals surface area contributed by atoms with Gasteiger partial charge in [0.05, 0.1) is 6.54 Å². The van der Waals surface area contributed by atoms with Crippen LogP contribution in [0.1, 0.15) is 74.3 Å². The number of amides is 2. The number of carbonyl (C=O) groups is 2. The molecule has 3 aromatic rings. The Hall–Kier alpha value is -3.10. The lowest BCUT2D eigenvalue weighted by Gasteiger charge is -2.17. The van der Waals surface area contributed by atoms with Gasteiger partial charge in [-0.25, -0.2) is 4.98 Å². The van der Waals surface area contributed by atoms with Gasteiger partial charge in [0, 0.05) is 54.7 Å². The first-order chi connectivity index (χ1) is 16.7. The van der Waals surface area contributed by atoms with Gasteiger partial charge in [0.25, 0.3) is 11.8 Å². The minimum absolute atomic E-state index is 0.129. The normalized spacial score (nSPS) is 11.0. The summed E-state index contributed by atoms with van der Waals surface area (Å²) in [4.78, 5) is 36.0. The first-order valence-corrected chi connectivity index (χ1v) is 12.8. The van der Waals surface area contributed by atoms with Crippen LogP contribution in [-0.2, 0) is 13.1 Å². The Balaban J connectivity index is 1.47. The third kappa shape index (κ3) is 7.97. The van der Waals surface area contributed by atoms with Gasteiger partial charge in [-0.05, 0) is 67.6 Å². The van der Waals surface area contributed by atoms with Crippen LogP contribution in [0.25, 0.3) is 0 Å². The van der Waals surface area contributed by atoms with Crippen LogP contribution in [0.5, 0.6) is 0 Å². The fourth-order valence-electron chi connectivity index (χ4n) is 3.68. The molecule has 0 bridgehead atoms. The van der Waals surface area contributed by atoms with E-state index in [1.807, 2.05) is 43.8 Å². The lowest BCUT2D eigenvalue weighted by Crippen LogP contribution is -2.29. The Labute approximate surface area is 212 Å². The summed E-state index contributed by atoms with van der Waals surface area (Å²) in [6.07, 6.45) is 4.59. The molecule has 35 heavy (non-hydrogen) atoms. The van der Waals surface area contributed by atoms with Gasteiger partial charge in [0.2, 0.25) is 0 Å². The van der Waals surface area contributed by atoms with Crippen molar-refractivity contribution in [1.82, 2.24) is 25.5 Å². The molecule has 0 saturated carbocycles. The molecular weight excluding hydrogens is 458 g/mol. The number of nitrogens with one attached hydrogen (secondary N) is 2. The van der Waals surface area contributed by atoms with E-state index in [4.69, 9.17) is 0 Å². The highest BCUT2D eigenvalue weighted by molar-refractivity contribution is 7.09. The van der Waals surface area contributed by atoms with Crippen LogP contribution < -0.4 is 10.6 Å². The molecule has 2 amide bonds. The maximum Gasteiger partial charge on any atom is 0.254 e. The number of nitrogens with zero attached hydrogens (tertiary/aromatic N) is 3. The molecule has 0 aliphatic heterocycles. The van der Waals surface area contributed by atoms with E-state index < -0.39 is 0 Å². The molecular formula is C27H35N5O2S. The number of rotatable bonds is 11. The Morgan fingerprint density at radius 2 is 1.83 bits per heavy atom. The summed E-state index contributed by atoms with van der Waals surface area (Å²) in [6, 6.07) is 7.47. The first kappa shape index (κ1) is 26.5. The van der Waals surface area contributed by atoms with Crippen LogP contribution >= 0.6 is 11.3 Å². The van der Waals surface area contributed by atoms with Gasteiger partial charge in [0.15, 0.2) is 0 Å². The van der Waals surface area contributed by atoms with Crippen molar-refractivity contribution in [3.05, 3.63) is 80.6 Å². The topological polar surface area (TPSA) is 87.2 Å². The number of carbonyl (C=O) groups excluding carboxylic acids is 2. The van der Waals surface area contributed by atoms with E-state index in [9.17, 15) is 9.59 Å². The minimum atomic E-state index is -0.171. The quantitative estimate of drug-likeness (QED) is 0.385.